The maximum atomic E-state index is 11.3. The lowest BCUT2D eigenvalue weighted by Gasteiger charge is -2.01. The van der Waals surface area contributed by atoms with E-state index in [9.17, 15) is 9.59 Å². The molecule has 1 aromatic rings. The van der Waals surface area contributed by atoms with Crippen LogP contribution in [0.5, 0.6) is 0 Å². The number of aldehydes is 1. The van der Waals surface area contributed by atoms with Gasteiger partial charge in [-0.15, -0.1) is 0 Å². The number of aliphatic hydroxyl groups excluding tert-OH is 1. The van der Waals surface area contributed by atoms with Crippen molar-refractivity contribution in [1.82, 2.24) is 0 Å². The van der Waals surface area contributed by atoms with Crippen LogP contribution in [-0.2, 0) is 9.53 Å². The molecule has 0 fully saturated rings. The van der Waals surface area contributed by atoms with E-state index < -0.39 is 0 Å². The molecule has 0 unspecified atom stereocenters. The highest BCUT2D eigenvalue weighted by molar-refractivity contribution is 5.93. The first-order valence-corrected chi connectivity index (χ1v) is 6.52. The molecule has 0 bridgehead atoms. The fourth-order valence-electron chi connectivity index (χ4n) is 1.22. The number of carbonyl (C=O) groups excluding carboxylic acids is 2. The molecule has 0 atom stereocenters. The highest BCUT2D eigenvalue weighted by atomic mass is 16.5. The molecule has 1 N–H and O–H groups in total. The van der Waals surface area contributed by atoms with Gasteiger partial charge >= 0.3 is 5.97 Å². The zero-order valence-electron chi connectivity index (χ0n) is 12.8. The second-order valence-corrected chi connectivity index (χ2v) is 3.33. The van der Waals surface area contributed by atoms with Crippen molar-refractivity contribution < 1.29 is 19.4 Å². The van der Waals surface area contributed by atoms with E-state index in [0.29, 0.717) is 17.7 Å². The Balaban J connectivity index is 0. The third kappa shape index (κ3) is 8.21. The Morgan fingerprint density at radius 2 is 1.60 bits per heavy atom. The van der Waals surface area contributed by atoms with E-state index in [4.69, 9.17) is 9.84 Å². The summed E-state index contributed by atoms with van der Waals surface area (Å²) in [6, 6.07) is 6.98. The minimum absolute atomic E-state index is 0.318. The number of esters is 1. The number of carbonyl (C=O) groups is 2. The van der Waals surface area contributed by atoms with Crippen molar-refractivity contribution in [3.8, 4) is 0 Å². The number of hydrogen-bond donors (Lipinski definition) is 1. The highest BCUT2D eigenvalue weighted by Gasteiger charge is 2.03. The Morgan fingerprint density at radius 1 is 1.15 bits per heavy atom. The van der Waals surface area contributed by atoms with E-state index in [1.807, 2.05) is 13.8 Å². The van der Waals surface area contributed by atoms with Gasteiger partial charge in [0.2, 0.25) is 0 Å². The Hall–Kier alpha value is -1.94. The SMILES string of the molecule is CC.CCOC(=O)/C(C)=C/c1ccc(C=O)cc1.CO. The van der Waals surface area contributed by atoms with Crippen LogP contribution >= 0.6 is 0 Å². The van der Waals surface area contributed by atoms with Gasteiger partial charge in [0.05, 0.1) is 6.61 Å². The smallest absolute Gasteiger partial charge is 0.333 e. The van der Waals surface area contributed by atoms with E-state index in [1.165, 1.54) is 0 Å². The van der Waals surface area contributed by atoms with Gasteiger partial charge in [0.1, 0.15) is 6.29 Å². The van der Waals surface area contributed by atoms with E-state index in [0.717, 1.165) is 19.0 Å². The molecular weight excluding hydrogens is 256 g/mol. The van der Waals surface area contributed by atoms with Crippen LogP contribution in [0, 0.1) is 0 Å². The molecule has 0 amide bonds. The van der Waals surface area contributed by atoms with Gasteiger partial charge in [0.15, 0.2) is 0 Å². The predicted octanol–water partition coefficient (Wildman–Crippen LogP) is 3.10. The van der Waals surface area contributed by atoms with Crippen molar-refractivity contribution in [2.24, 2.45) is 0 Å². The van der Waals surface area contributed by atoms with Crippen LogP contribution in [0.2, 0.25) is 0 Å². The Kier molecular flexibility index (Phi) is 13.7. The van der Waals surface area contributed by atoms with Crippen LogP contribution in [-0.4, -0.2) is 31.1 Å². The molecule has 0 aromatic heterocycles. The Morgan fingerprint density at radius 3 is 2.00 bits per heavy atom. The molecule has 0 heterocycles. The quantitative estimate of drug-likeness (QED) is 0.523. The van der Waals surface area contributed by atoms with Crippen LogP contribution < -0.4 is 0 Å². The van der Waals surface area contributed by atoms with Gasteiger partial charge in [0.25, 0.3) is 0 Å². The van der Waals surface area contributed by atoms with Crippen LogP contribution in [0.25, 0.3) is 6.08 Å². The van der Waals surface area contributed by atoms with Crippen molar-refractivity contribution in [1.29, 1.82) is 0 Å². The van der Waals surface area contributed by atoms with Crippen molar-refractivity contribution >= 4 is 18.3 Å². The average molecular weight is 280 g/mol. The maximum Gasteiger partial charge on any atom is 0.333 e. The number of hydrogen-bond acceptors (Lipinski definition) is 4. The lowest BCUT2D eigenvalue weighted by Crippen LogP contribution is -2.04. The van der Waals surface area contributed by atoms with Crippen LogP contribution in [0.1, 0.15) is 43.6 Å². The standard InChI is InChI=1S/C13H14O3.C2H6.CH4O/c1-3-16-13(15)10(2)8-11-4-6-12(9-14)7-5-11;2*1-2/h4-9H,3H2,1-2H3;1-2H3;2H,1H3/b10-8+;;. The summed E-state index contributed by atoms with van der Waals surface area (Å²) < 4.78 is 4.86. The van der Waals surface area contributed by atoms with E-state index >= 15 is 0 Å². The molecule has 0 aliphatic carbocycles. The summed E-state index contributed by atoms with van der Waals surface area (Å²) in [5.74, 6) is -0.318. The molecular formula is C16H24O4. The van der Waals surface area contributed by atoms with E-state index in [2.05, 4.69) is 0 Å². The second kappa shape index (κ2) is 13.5. The first kappa shape index (κ1) is 20.4. The Bertz CT molecular complexity index is 405. The molecule has 0 aliphatic heterocycles. The topological polar surface area (TPSA) is 63.6 Å². The summed E-state index contributed by atoms with van der Waals surface area (Å²) in [4.78, 5) is 21.8. The zero-order chi connectivity index (χ0) is 16.0. The molecule has 4 nitrogen and oxygen atoms in total. The summed E-state index contributed by atoms with van der Waals surface area (Å²) >= 11 is 0. The molecule has 0 saturated heterocycles. The fourth-order valence-corrected chi connectivity index (χ4v) is 1.22. The van der Waals surface area contributed by atoms with Crippen molar-refractivity contribution in [2.45, 2.75) is 27.7 Å². The summed E-state index contributed by atoms with van der Waals surface area (Å²) in [6.07, 6.45) is 2.51. The van der Waals surface area contributed by atoms with Gasteiger partial charge in [-0.25, -0.2) is 4.79 Å². The third-order valence-electron chi connectivity index (χ3n) is 2.05. The van der Waals surface area contributed by atoms with Gasteiger partial charge in [0, 0.05) is 18.2 Å². The van der Waals surface area contributed by atoms with Gasteiger partial charge in [-0.3, -0.25) is 4.79 Å². The molecule has 112 valence electrons. The van der Waals surface area contributed by atoms with Crippen LogP contribution in [0.4, 0.5) is 0 Å². The zero-order valence-corrected chi connectivity index (χ0v) is 12.8. The molecule has 0 spiro atoms. The first-order valence-electron chi connectivity index (χ1n) is 6.52. The number of aliphatic hydroxyl groups is 1. The fraction of sp³-hybridized carbons (Fsp3) is 0.375. The molecule has 1 aromatic carbocycles. The molecule has 1 rings (SSSR count). The highest BCUT2D eigenvalue weighted by Crippen LogP contribution is 2.09. The lowest BCUT2D eigenvalue weighted by atomic mass is 10.1. The van der Waals surface area contributed by atoms with Crippen LogP contribution in [0.3, 0.4) is 0 Å². The monoisotopic (exact) mass is 280 g/mol. The van der Waals surface area contributed by atoms with Gasteiger partial charge in [-0.2, -0.15) is 0 Å². The molecule has 20 heavy (non-hydrogen) atoms. The lowest BCUT2D eigenvalue weighted by molar-refractivity contribution is -0.138. The van der Waals surface area contributed by atoms with Crippen molar-refractivity contribution in [3.63, 3.8) is 0 Å². The largest absolute Gasteiger partial charge is 0.463 e. The molecule has 0 radical (unpaired) electrons. The minimum Gasteiger partial charge on any atom is -0.463 e. The van der Waals surface area contributed by atoms with E-state index in [-0.39, 0.29) is 5.97 Å². The van der Waals surface area contributed by atoms with Gasteiger partial charge in [-0.1, -0.05) is 38.1 Å². The molecule has 0 aliphatic rings. The summed E-state index contributed by atoms with van der Waals surface area (Å²) in [7, 11) is 1.00. The summed E-state index contributed by atoms with van der Waals surface area (Å²) in [5.41, 5.74) is 2.03. The number of benzene rings is 1. The molecule has 0 saturated carbocycles. The van der Waals surface area contributed by atoms with Crippen molar-refractivity contribution in [3.05, 3.63) is 41.0 Å². The maximum absolute atomic E-state index is 11.3. The normalized spacial score (nSPS) is 9.40. The van der Waals surface area contributed by atoms with Crippen molar-refractivity contribution in [2.75, 3.05) is 13.7 Å². The number of rotatable bonds is 4. The predicted molar refractivity (Wildman–Crippen MR) is 81.6 cm³/mol. The van der Waals surface area contributed by atoms with Gasteiger partial charge < -0.3 is 9.84 Å². The minimum atomic E-state index is -0.318. The average Bonchev–Trinajstić information content (AvgIpc) is 2.52. The third-order valence-corrected chi connectivity index (χ3v) is 2.05. The van der Waals surface area contributed by atoms with Crippen LogP contribution in [0.15, 0.2) is 29.8 Å². The van der Waals surface area contributed by atoms with Gasteiger partial charge in [-0.05, 0) is 25.5 Å². The summed E-state index contributed by atoms with van der Waals surface area (Å²) in [6.45, 7) is 7.84. The Labute approximate surface area is 121 Å². The van der Waals surface area contributed by atoms with E-state index in [1.54, 1.807) is 44.2 Å². The number of ether oxygens (including phenoxy) is 1. The first-order chi connectivity index (χ1) is 9.67. The summed E-state index contributed by atoms with van der Waals surface area (Å²) in [5, 5.41) is 7.00. The molecule has 4 heteroatoms. The second-order valence-electron chi connectivity index (χ2n) is 3.33.